The molecule has 0 aliphatic heterocycles. The van der Waals surface area contributed by atoms with Crippen LogP contribution in [0.5, 0.6) is 0 Å². The standard InChI is InChI=1S/C7H11NS/c1-6(2)7(9)4-5-8-3/h4-5,8H,1H2,2-3H3/b5-4-. The van der Waals surface area contributed by atoms with Gasteiger partial charge in [0.05, 0.1) is 0 Å². The van der Waals surface area contributed by atoms with E-state index in [0.29, 0.717) is 0 Å². The molecule has 0 bridgehead atoms. The Morgan fingerprint density at radius 2 is 2.22 bits per heavy atom. The smallest absolute Gasteiger partial charge is 0.0414 e. The minimum absolute atomic E-state index is 0.796. The summed E-state index contributed by atoms with van der Waals surface area (Å²) in [6, 6.07) is 0. The van der Waals surface area contributed by atoms with Gasteiger partial charge in [0.25, 0.3) is 0 Å². The van der Waals surface area contributed by atoms with Crippen molar-refractivity contribution in [3.8, 4) is 0 Å². The van der Waals surface area contributed by atoms with E-state index in [2.05, 4.69) is 11.9 Å². The molecule has 0 unspecified atom stereocenters. The quantitative estimate of drug-likeness (QED) is 0.474. The molecule has 0 fully saturated rings. The molecule has 2 heteroatoms. The van der Waals surface area contributed by atoms with Crippen molar-refractivity contribution in [1.29, 1.82) is 0 Å². The van der Waals surface area contributed by atoms with E-state index in [1.807, 2.05) is 20.0 Å². The molecular formula is C7H11NS. The van der Waals surface area contributed by atoms with Crippen molar-refractivity contribution < 1.29 is 0 Å². The highest BCUT2D eigenvalue weighted by Crippen LogP contribution is 1.93. The Hall–Kier alpha value is -0.630. The number of thiocarbonyl (C=S) groups is 1. The average molecular weight is 141 g/mol. The molecular weight excluding hydrogens is 130 g/mol. The molecule has 0 aromatic rings. The fourth-order valence-corrected chi connectivity index (χ4v) is 0.369. The van der Waals surface area contributed by atoms with Crippen LogP contribution in [0, 0.1) is 0 Å². The SMILES string of the molecule is C=C(C)C(=S)/C=C\NC. The van der Waals surface area contributed by atoms with Crippen molar-refractivity contribution >= 4 is 17.1 Å². The van der Waals surface area contributed by atoms with Crippen LogP contribution >= 0.6 is 12.2 Å². The first-order valence-corrected chi connectivity index (χ1v) is 3.13. The Kier molecular flexibility index (Phi) is 3.97. The Morgan fingerprint density at radius 1 is 1.67 bits per heavy atom. The van der Waals surface area contributed by atoms with Gasteiger partial charge in [0.15, 0.2) is 0 Å². The summed E-state index contributed by atoms with van der Waals surface area (Å²) < 4.78 is 0. The minimum Gasteiger partial charge on any atom is -0.394 e. The van der Waals surface area contributed by atoms with E-state index in [-0.39, 0.29) is 0 Å². The van der Waals surface area contributed by atoms with E-state index in [9.17, 15) is 0 Å². The maximum absolute atomic E-state index is 4.92. The van der Waals surface area contributed by atoms with Gasteiger partial charge in [0.1, 0.15) is 0 Å². The molecule has 0 radical (unpaired) electrons. The summed E-state index contributed by atoms with van der Waals surface area (Å²) in [5.41, 5.74) is 0.927. The first kappa shape index (κ1) is 8.37. The van der Waals surface area contributed by atoms with Crippen LogP contribution in [-0.4, -0.2) is 11.9 Å². The molecule has 0 aliphatic rings. The van der Waals surface area contributed by atoms with E-state index in [1.54, 1.807) is 6.20 Å². The molecule has 0 saturated carbocycles. The molecule has 1 N–H and O–H groups in total. The summed E-state index contributed by atoms with van der Waals surface area (Å²) in [6.07, 6.45) is 3.61. The zero-order valence-corrected chi connectivity index (χ0v) is 6.59. The molecule has 0 aliphatic carbocycles. The van der Waals surface area contributed by atoms with Gasteiger partial charge in [-0.25, -0.2) is 0 Å². The summed E-state index contributed by atoms with van der Waals surface area (Å²) in [6.45, 7) is 5.58. The molecule has 0 rings (SSSR count). The van der Waals surface area contributed by atoms with Crippen LogP contribution in [0.25, 0.3) is 0 Å². The molecule has 0 aromatic heterocycles. The van der Waals surface area contributed by atoms with E-state index in [0.717, 1.165) is 10.4 Å². The van der Waals surface area contributed by atoms with E-state index >= 15 is 0 Å². The first-order valence-electron chi connectivity index (χ1n) is 2.72. The summed E-state index contributed by atoms with van der Waals surface area (Å²) in [5.74, 6) is 0. The maximum Gasteiger partial charge on any atom is 0.0414 e. The van der Waals surface area contributed by atoms with Crippen molar-refractivity contribution in [2.45, 2.75) is 6.92 Å². The number of allylic oxidation sites excluding steroid dienone is 2. The number of rotatable bonds is 3. The van der Waals surface area contributed by atoms with Crippen LogP contribution < -0.4 is 5.32 Å². The normalized spacial score (nSPS) is 9.56. The molecule has 50 valence electrons. The third-order valence-corrected chi connectivity index (χ3v) is 1.31. The first-order chi connectivity index (χ1) is 4.18. The average Bonchev–Trinajstić information content (AvgIpc) is 1.82. The van der Waals surface area contributed by atoms with Gasteiger partial charge in [-0.05, 0) is 24.8 Å². The van der Waals surface area contributed by atoms with Crippen molar-refractivity contribution in [2.24, 2.45) is 0 Å². The Labute approximate surface area is 61.5 Å². The molecule has 0 heterocycles. The number of nitrogens with one attached hydrogen (secondary N) is 1. The molecule has 1 nitrogen and oxygen atoms in total. The third kappa shape index (κ3) is 3.91. The largest absolute Gasteiger partial charge is 0.394 e. The molecule has 0 atom stereocenters. The van der Waals surface area contributed by atoms with E-state index < -0.39 is 0 Å². The molecule has 0 spiro atoms. The van der Waals surface area contributed by atoms with Gasteiger partial charge in [0.2, 0.25) is 0 Å². The minimum atomic E-state index is 0.796. The number of hydrogen-bond donors (Lipinski definition) is 1. The highest BCUT2D eigenvalue weighted by atomic mass is 32.1. The van der Waals surface area contributed by atoms with Crippen molar-refractivity contribution in [2.75, 3.05) is 7.05 Å². The predicted molar refractivity (Wildman–Crippen MR) is 45.6 cm³/mol. The van der Waals surface area contributed by atoms with Crippen LogP contribution in [0.4, 0.5) is 0 Å². The second-order valence-electron chi connectivity index (χ2n) is 1.77. The topological polar surface area (TPSA) is 12.0 Å². The highest BCUT2D eigenvalue weighted by molar-refractivity contribution is 7.81. The van der Waals surface area contributed by atoms with Crippen molar-refractivity contribution in [1.82, 2.24) is 5.32 Å². The second kappa shape index (κ2) is 4.27. The zero-order valence-electron chi connectivity index (χ0n) is 5.77. The predicted octanol–water partition coefficient (Wildman–Crippen LogP) is 1.67. The lowest BCUT2D eigenvalue weighted by Gasteiger charge is -1.91. The zero-order chi connectivity index (χ0) is 7.28. The Morgan fingerprint density at radius 3 is 2.56 bits per heavy atom. The highest BCUT2D eigenvalue weighted by Gasteiger charge is 1.86. The molecule has 0 amide bonds. The molecule has 0 aromatic carbocycles. The summed E-state index contributed by atoms with van der Waals surface area (Å²) in [7, 11) is 1.83. The lowest BCUT2D eigenvalue weighted by molar-refractivity contribution is 1.11. The van der Waals surface area contributed by atoms with Crippen LogP contribution in [0.15, 0.2) is 24.4 Å². The summed E-state index contributed by atoms with van der Waals surface area (Å²) in [4.78, 5) is 0.796. The van der Waals surface area contributed by atoms with Gasteiger partial charge < -0.3 is 5.32 Å². The van der Waals surface area contributed by atoms with Crippen LogP contribution in [0.3, 0.4) is 0 Å². The van der Waals surface area contributed by atoms with Crippen LogP contribution in [0.2, 0.25) is 0 Å². The summed E-state index contributed by atoms with van der Waals surface area (Å²) in [5, 5.41) is 2.84. The monoisotopic (exact) mass is 141 g/mol. The summed E-state index contributed by atoms with van der Waals surface area (Å²) >= 11 is 4.92. The fraction of sp³-hybridized carbons (Fsp3) is 0.286. The van der Waals surface area contributed by atoms with Gasteiger partial charge in [-0.15, -0.1) is 0 Å². The van der Waals surface area contributed by atoms with E-state index in [1.165, 1.54) is 0 Å². The van der Waals surface area contributed by atoms with Gasteiger partial charge in [-0.2, -0.15) is 0 Å². The number of hydrogen-bond acceptors (Lipinski definition) is 2. The Balaban J connectivity index is 3.77. The van der Waals surface area contributed by atoms with Gasteiger partial charge in [-0.3, -0.25) is 0 Å². The van der Waals surface area contributed by atoms with E-state index in [4.69, 9.17) is 12.2 Å². The lowest BCUT2D eigenvalue weighted by atomic mass is 10.2. The van der Waals surface area contributed by atoms with Gasteiger partial charge in [-0.1, -0.05) is 18.8 Å². The molecule has 0 saturated heterocycles. The van der Waals surface area contributed by atoms with Crippen molar-refractivity contribution in [3.05, 3.63) is 24.4 Å². The van der Waals surface area contributed by atoms with Crippen LogP contribution in [0.1, 0.15) is 6.92 Å². The van der Waals surface area contributed by atoms with Crippen LogP contribution in [-0.2, 0) is 0 Å². The third-order valence-electron chi connectivity index (χ3n) is 0.822. The van der Waals surface area contributed by atoms with Crippen molar-refractivity contribution in [3.63, 3.8) is 0 Å². The van der Waals surface area contributed by atoms with Gasteiger partial charge >= 0.3 is 0 Å². The lowest BCUT2D eigenvalue weighted by Crippen LogP contribution is -1.95. The van der Waals surface area contributed by atoms with Gasteiger partial charge in [0, 0.05) is 11.9 Å². The Bertz CT molecular complexity index is 147. The molecule has 9 heavy (non-hydrogen) atoms. The maximum atomic E-state index is 4.92. The fourth-order valence-electron chi connectivity index (χ4n) is 0.301. The second-order valence-corrected chi connectivity index (χ2v) is 2.21.